The van der Waals surface area contributed by atoms with Crippen molar-refractivity contribution in [3.8, 4) is 0 Å². The maximum absolute atomic E-state index is 11.0. The van der Waals surface area contributed by atoms with Crippen molar-refractivity contribution in [2.24, 2.45) is 11.8 Å². The first-order chi connectivity index (χ1) is 9.06. The highest BCUT2D eigenvalue weighted by atomic mass is 16.6. The van der Waals surface area contributed by atoms with E-state index in [1.54, 1.807) is 13.0 Å². The van der Waals surface area contributed by atoms with Gasteiger partial charge in [-0.25, -0.2) is 0 Å². The molecular weight excluding hydrogens is 240 g/mol. The lowest BCUT2D eigenvalue weighted by molar-refractivity contribution is -0.385. The van der Waals surface area contributed by atoms with Gasteiger partial charge in [-0.05, 0) is 44.2 Å². The Hall–Kier alpha value is -1.84. The van der Waals surface area contributed by atoms with Crippen LogP contribution in [0.1, 0.15) is 24.0 Å². The lowest BCUT2D eigenvalue weighted by Crippen LogP contribution is -2.43. The Bertz CT molecular complexity index is 566. The molecule has 0 radical (unpaired) electrons. The van der Waals surface area contributed by atoms with Crippen molar-refractivity contribution < 1.29 is 4.92 Å². The molecule has 19 heavy (non-hydrogen) atoms. The molecule has 4 nitrogen and oxygen atoms in total. The maximum atomic E-state index is 11.0. The Balaban J connectivity index is 1.82. The van der Waals surface area contributed by atoms with Crippen LogP contribution in [-0.4, -0.2) is 11.0 Å². The van der Waals surface area contributed by atoms with Crippen molar-refractivity contribution >= 4 is 11.4 Å². The summed E-state index contributed by atoms with van der Waals surface area (Å²) in [5, 5.41) is 14.5. The predicted molar refractivity (Wildman–Crippen MR) is 75.3 cm³/mol. The van der Waals surface area contributed by atoms with E-state index in [2.05, 4.69) is 17.5 Å². The van der Waals surface area contributed by atoms with Crippen LogP contribution in [0.3, 0.4) is 0 Å². The molecule has 0 amide bonds. The molecule has 1 saturated carbocycles. The first-order valence-electron chi connectivity index (χ1n) is 6.75. The number of allylic oxidation sites excluding steroid dienone is 1. The van der Waals surface area contributed by atoms with E-state index in [0.29, 0.717) is 12.0 Å². The minimum Gasteiger partial charge on any atom is -0.381 e. The molecule has 0 spiro atoms. The number of anilines is 1. The summed E-state index contributed by atoms with van der Waals surface area (Å²) in [5.41, 5.74) is 2.90. The number of nitrogens with zero attached hydrogens (tertiary/aromatic N) is 1. The van der Waals surface area contributed by atoms with Gasteiger partial charge < -0.3 is 5.32 Å². The summed E-state index contributed by atoms with van der Waals surface area (Å²) in [6.07, 6.45) is 6.89. The summed E-state index contributed by atoms with van der Waals surface area (Å²) in [6.45, 7) is 3.79. The molecule has 1 aromatic carbocycles. The van der Waals surface area contributed by atoms with Gasteiger partial charge in [0.05, 0.1) is 4.92 Å². The number of nitro groups is 1. The van der Waals surface area contributed by atoms with Crippen LogP contribution in [0.4, 0.5) is 11.4 Å². The molecular formula is C15H18N2O2. The van der Waals surface area contributed by atoms with Gasteiger partial charge >= 0.3 is 0 Å². The monoisotopic (exact) mass is 258 g/mol. The third-order valence-electron chi connectivity index (χ3n) is 4.44. The molecule has 3 unspecified atom stereocenters. The van der Waals surface area contributed by atoms with Crippen molar-refractivity contribution in [3.05, 3.63) is 45.5 Å². The zero-order valence-electron chi connectivity index (χ0n) is 11.2. The molecule has 3 atom stereocenters. The Morgan fingerprint density at radius 1 is 1.32 bits per heavy atom. The van der Waals surface area contributed by atoms with Gasteiger partial charge in [-0.3, -0.25) is 10.1 Å². The number of hydrogen-bond donors (Lipinski definition) is 1. The average molecular weight is 258 g/mol. The Labute approximate surface area is 112 Å². The molecule has 0 aliphatic heterocycles. The van der Waals surface area contributed by atoms with Gasteiger partial charge in [0.1, 0.15) is 0 Å². The van der Waals surface area contributed by atoms with Crippen LogP contribution in [0.15, 0.2) is 24.3 Å². The van der Waals surface area contributed by atoms with E-state index in [-0.39, 0.29) is 10.6 Å². The highest BCUT2D eigenvalue weighted by Crippen LogP contribution is 2.44. The van der Waals surface area contributed by atoms with E-state index < -0.39 is 0 Å². The SMILES string of the molecule is Cc1cc(C)c([N+](=O)[O-])cc1NC1CC2CC=CC21. The minimum absolute atomic E-state index is 0.200. The molecule has 2 aliphatic carbocycles. The molecule has 100 valence electrons. The first-order valence-corrected chi connectivity index (χ1v) is 6.75. The largest absolute Gasteiger partial charge is 0.381 e. The highest BCUT2D eigenvalue weighted by Gasteiger charge is 2.41. The average Bonchev–Trinajstić information content (AvgIpc) is 2.69. The van der Waals surface area contributed by atoms with Gasteiger partial charge in [0, 0.05) is 29.3 Å². The number of fused-ring (bicyclic) bond motifs is 1. The molecule has 4 heteroatoms. The number of benzene rings is 1. The molecule has 0 bridgehead atoms. The molecule has 0 saturated heterocycles. The number of aryl methyl sites for hydroxylation is 2. The summed E-state index contributed by atoms with van der Waals surface area (Å²) in [6, 6.07) is 4.00. The van der Waals surface area contributed by atoms with Crippen molar-refractivity contribution in [1.29, 1.82) is 0 Å². The zero-order valence-corrected chi connectivity index (χ0v) is 11.2. The van der Waals surface area contributed by atoms with Crippen LogP contribution >= 0.6 is 0 Å². The van der Waals surface area contributed by atoms with Crippen LogP contribution in [0.25, 0.3) is 0 Å². The highest BCUT2D eigenvalue weighted by molar-refractivity contribution is 5.61. The van der Waals surface area contributed by atoms with E-state index in [1.807, 2.05) is 13.0 Å². The number of rotatable bonds is 3. The van der Waals surface area contributed by atoms with Gasteiger partial charge in [0.15, 0.2) is 0 Å². The van der Waals surface area contributed by atoms with Crippen LogP contribution in [0.2, 0.25) is 0 Å². The normalized spacial score (nSPS) is 27.8. The summed E-state index contributed by atoms with van der Waals surface area (Å²) >= 11 is 0. The lowest BCUT2D eigenvalue weighted by atomic mass is 9.71. The zero-order chi connectivity index (χ0) is 13.6. The van der Waals surface area contributed by atoms with Crippen LogP contribution < -0.4 is 5.32 Å². The van der Waals surface area contributed by atoms with Gasteiger partial charge in [-0.2, -0.15) is 0 Å². The van der Waals surface area contributed by atoms with Gasteiger partial charge in [-0.1, -0.05) is 12.2 Å². The topological polar surface area (TPSA) is 55.2 Å². The molecule has 0 heterocycles. The summed E-state index contributed by atoms with van der Waals surface area (Å²) in [5.74, 6) is 1.40. The number of nitrogens with one attached hydrogen (secondary N) is 1. The van der Waals surface area contributed by atoms with E-state index in [9.17, 15) is 10.1 Å². The van der Waals surface area contributed by atoms with E-state index in [0.717, 1.165) is 22.7 Å². The van der Waals surface area contributed by atoms with Crippen LogP contribution in [0, 0.1) is 35.8 Å². The smallest absolute Gasteiger partial charge is 0.274 e. The van der Waals surface area contributed by atoms with Gasteiger partial charge in [0.25, 0.3) is 5.69 Å². The van der Waals surface area contributed by atoms with E-state index in [1.165, 1.54) is 12.8 Å². The van der Waals surface area contributed by atoms with Crippen molar-refractivity contribution in [2.45, 2.75) is 32.7 Å². The van der Waals surface area contributed by atoms with E-state index in [4.69, 9.17) is 0 Å². The lowest BCUT2D eigenvalue weighted by Gasteiger charge is -2.41. The van der Waals surface area contributed by atoms with Crippen LogP contribution in [-0.2, 0) is 0 Å². The number of nitro benzene ring substituents is 1. The summed E-state index contributed by atoms with van der Waals surface area (Å²) in [7, 11) is 0. The molecule has 0 aromatic heterocycles. The van der Waals surface area contributed by atoms with Gasteiger partial charge in [-0.15, -0.1) is 0 Å². The molecule has 1 fully saturated rings. The van der Waals surface area contributed by atoms with Gasteiger partial charge in [0.2, 0.25) is 0 Å². The van der Waals surface area contributed by atoms with Crippen LogP contribution in [0.5, 0.6) is 0 Å². The second-order valence-corrected chi connectivity index (χ2v) is 5.70. The Morgan fingerprint density at radius 3 is 2.79 bits per heavy atom. The predicted octanol–water partition coefficient (Wildman–Crippen LogP) is 3.59. The second kappa shape index (κ2) is 4.37. The van der Waals surface area contributed by atoms with Crippen molar-refractivity contribution in [3.63, 3.8) is 0 Å². The van der Waals surface area contributed by atoms with Crippen molar-refractivity contribution in [1.82, 2.24) is 0 Å². The molecule has 1 aromatic rings. The fourth-order valence-electron chi connectivity index (χ4n) is 3.28. The fourth-order valence-corrected chi connectivity index (χ4v) is 3.28. The fraction of sp³-hybridized carbons (Fsp3) is 0.467. The maximum Gasteiger partial charge on any atom is 0.274 e. The molecule has 1 N–H and O–H groups in total. The third kappa shape index (κ3) is 2.01. The van der Waals surface area contributed by atoms with Crippen molar-refractivity contribution in [2.75, 3.05) is 5.32 Å². The molecule has 2 aliphatic rings. The Kier molecular flexibility index (Phi) is 2.81. The summed E-state index contributed by atoms with van der Waals surface area (Å²) < 4.78 is 0. The second-order valence-electron chi connectivity index (χ2n) is 5.70. The standard InChI is InChI=1S/C15H18N2O2/c1-9-6-10(2)15(17(18)19)8-13(9)16-14-7-11-4-3-5-12(11)14/h3,5-6,8,11-12,14,16H,4,7H2,1-2H3. The minimum atomic E-state index is -0.307. The Morgan fingerprint density at radius 2 is 2.11 bits per heavy atom. The quantitative estimate of drug-likeness (QED) is 0.512. The first kappa shape index (κ1) is 12.2. The number of hydrogen-bond acceptors (Lipinski definition) is 3. The third-order valence-corrected chi connectivity index (χ3v) is 4.44. The summed E-state index contributed by atoms with van der Waals surface area (Å²) in [4.78, 5) is 10.7. The van der Waals surface area contributed by atoms with E-state index >= 15 is 0 Å². The molecule has 3 rings (SSSR count).